The summed E-state index contributed by atoms with van der Waals surface area (Å²) < 4.78 is 55.1. The van der Waals surface area contributed by atoms with Crippen LogP contribution in [0, 0.1) is 18.2 Å². The molecule has 0 radical (unpaired) electrons. The Labute approximate surface area is 183 Å². The van der Waals surface area contributed by atoms with Crippen LogP contribution in [-0.4, -0.2) is 54.1 Å². The van der Waals surface area contributed by atoms with E-state index in [0.717, 1.165) is 0 Å². The summed E-state index contributed by atoms with van der Waals surface area (Å²) in [7, 11) is 3.09. The maximum Gasteiger partial charge on any atom is 0.296 e. The Morgan fingerprint density at radius 2 is 2.09 bits per heavy atom. The fourth-order valence-corrected chi connectivity index (χ4v) is 3.69. The van der Waals surface area contributed by atoms with Crippen molar-refractivity contribution in [2.45, 2.75) is 18.4 Å². The number of hydrogen-bond donors (Lipinski definition) is 1. The molecular weight excluding hydrogens is 421 g/mol. The van der Waals surface area contributed by atoms with Crippen molar-refractivity contribution in [3.63, 3.8) is 0 Å². The molecule has 166 valence electrons. The number of nitrogens with one attached hydrogen (secondary N) is 1. The Balaban J connectivity index is 1.80. The van der Waals surface area contributed by atoms with Crippen LogP contribution < -0.4 is 14.8 Å². The first-order chi connectivity index (χ1) is 15.3. The van der Waals surface area contributed by atoms with Gasteiger partial charge in [-0.1, -0.05) is 12.0 Å². The molecule has 2 aromatic carbocycles. The maximum absolute atomic E-state index is 14.7. The van der Waals surface area contributed by atoms with E-state index in [4.69, 9.17) is 15.9 Å². The third kappa shape index (κ3) is 4.14. The number of nitrogens with zero attached hydrogens (tertiary/aromatic N) is 3. The van der Waals surface area contributed by atoms with Crippen molar-refractivity contribution in [2.75, 3.05) is 32.6 Å². The van der Waals surface area contributed by atoms with Gasteiger partial charge in [0.25, 0.3) is 5.92 Å². The summed E-state index contributed by atoms with van der Waals surface area (Å²) in [6.07, 6.45) is 5.42. The zero-order valence-electron chi connectivity index (χ0n) is 17.5. The Kier molecular flexibility index (Phi) is 5.80. The first-order valence-electron chi connectivity index (χ1n) is 9.90. The SMILES string of the molecule is C#Cc1cccc(Nc2ncnc3cc(OC)cc(OC4CCN(C)CC4(F)F)c23)c1F. The van der Waals surface area contributed by atoms with Gasteiger partial charge < -0.3 is 19.7 Å². The zero-order valence-corrected chi connectivity index (χ0v) is 17.5. The van der Waals surface area contributed by atoms with Crippen molar-refractivity contribution in [3.8, 4) is 23.8 Å². The van der Waals surface area contributed by atoms with Crippen molar-refractivity contribution in [2.24, 2.45) is 0 Å². The molecule has 1 aliphatic rings. The number of likely N-dealkylation sites (tertiary alicyclic amines) is 1. The summed E-state index contributed by atoms with van der Waals surface area (Å²) >= 11 is 0. The van der Waals surface area contributed by atoms with Gasteiger partial charge in [0, 0.05) is 25.1 Å². The van der Waals surface area contributed by atoms with E-state index in [-0.39, 0.29) is 29.2 Å². The second-order valence-corrected chi connectivity index (χ2v) is 7.57. The summed E-state index contributed by atoms with van der Waals surface area (Å²) in [4.78, 5) is 9.97. The molecular formula is C23H21F3N4O2. The van der Waals surface area contributed by atoms with E-state index < -0.39 is 24.4 Å². The molecule has 3 aromatic rings. The number of methoxy groups -OCH3 is 1. The van der Waals surface area contributed by atoms with Gasteiger partial charge in [-0.25, -0.2) is 23.1 Å². The minimum atomic E-state index is -3.06. The van der Waals surface area contributed by atoms with Crippen LogP contribution >= 0.6 is 0 Å². The first-order valence-corrected chi connectivity index (χ1v) is 9.90. The number of halogens is 3. The smallest absolute Gasteiger partial charge is 0.296 e. The van der Waals surface area contributed by atoms with E-state index in [0.29, 0.717) is 23.2 Å². The van der Waals surface area contributed by atoms with Gasteiger partial charge in [-0.2, -0.15) is 0 Å². The predicted octanol–water partition coefficient (Wildman–Crippen LogP) is 4.22. The van der Waals surface area contributed by atoms with E-state index in [9.17, 15) is 13.2 Å². The summed E-state index contributed by atoms with van der Waals surface area (Å²) in [5.74, 6) is -0.716. The lowest BCUT2D eigenvalue weighted by Crippen LogP contribution is -2.52. The molecule has 9 heteroatoms. The number of fused-ring (bicyclic) bond motifs is 1. The molecule has 1 N–H and O–H groups in total. The van der Waals surface area contributed by atoms with Gasteiger partial charge in [0.05, 0.1) is 35.8 Å². The van der Waals surface area contributed by atoms with E-state index >= 15 is 0 Å². The van der Waals surface area contributed by atoms with Crippen LogP contribution in [-0.2, 0) is 0 Å². The van der Waals surface area contributed by atoms with Crippen LogP contribution in [0.1, 0.15) is 12.0 Å². The number of terminal acetylenes is 1. The Morgan fingerprint density at radius 1 is 1.28 bits per heavy atom. The molecule has 0 bridgehead atoms. The van der Waals surface area contributed by atoms with Crippen molar-refractivity contribution in [3.05, 3.63) is 48.0 Å². The number of anilines is 2. The molecule has 0 spiro atoms. The van der Waals surface area contributed by atoms with Crippen molar-refractivity contribution < 1.29 is 22.6 Å². The average molecular weight is 442 g/mol. The Hall–Kier alpha value is -3.51. The molecule has 1 aromatic heterocycles. The normalized spacial score (nSPS) is 18.2. The van der Waals surface area contributed by atoms with Crippen LogP contribution in [0.3, 0.4) is 0 Å². The maximum atomic E-state index is 14.7. The van der Waals surface area contributed by atoms with Gasteiger partial charge in [0.1, 0.15) is 23.6 Å². The zero-order chi connectivity index (χ0) is 22.9. The van der Waals surface area contributed by atoms with Gasteiger partial charge in [-0.15, -0.1) is 6.42 Å². The average Bonchev–Trinajstić information content (AvgIpc) is 2.76. The largest absolute Gasteiger partial charge is 0.497 e. The molecule has 1 unspecified atom stereocenters. The molecule has 1 saturated heterocycles. The molecule has 0 aliphatic carbocycles. The molecule has 32 heavy (non-hydrogen) atoms. The Morgan fingerprint density at radius 3 is 2.81 bits per heavy atom. The highest BCUT2D eigenvalue weighted by molar-refractivity contribution is 5.96. The van der Waals surface area contributed by atoms with E-state index in [2.05, 4.69) is 21.2 Å². The van der Waals surface area contributed by atoms with Gasteiger partial charge in [0.15, 0.2) is 11.9 Å². The minimum Gasteiger partial charge on any atom is -0.497 e. The summed E-state index contributed by atoms with van der Waals surface area (Å²) in [5, 5.41) is 3.22. The van der Waals surface area contributed by atoms with Crippen LogP contribution in [0.2, 0.25) is 0 Å². The molecule has 2 heterocycles. The van der Waals surface area contributed by atoms with Gasteiger partial charge in [0.2, 0.25) is 0 Å². The first kappa shape index (κ1) is 21.7. The number of aromatic nitrogens is 2. The molecule has 0 amide bonds. The number of rotatable bonds is 5. The lowest BCUT2D eigenvalue weighted by atomic mass is 10.0. The van der Waals surface area contributed by atoms with Gasteiger partial charge in [-0.3, -0.25) is 0 Å². The third-order valence-electron chi connectivity index (χ3n) is 5.31. The lowest BCUT2D eigenvalue weighted by molar-refractivity contribution is -0.134. The second kappa shape index (κ2) is 8.55. The predicted molar refractivity (Wildman–Crippen MR) is 115 cm³/mol. The monoisotopic (exact) mass is 442 g/mol. The Bertz CT molecular complexity index is 1200. The standard InChI is InChI=1S/C23H21F3N4O2/c1-4-14-6-5-7-16(21(14)24)29-22-20-17(27-13-28-22)10-15(31-3)11-18(20)32-19-8-9-30(2)12-23(19,25)26/h1,5-7,10-11,13,19H,8-9,12H2,2-3H3,(H,27,28,29). The lowest BCUT2D eigenvalue weighted by Gasteiger charge is -2.36. The van der Waals surface area contributed by atoms with E-state index in [1.54, 1.807) is 24.1 Å². The molecule has 0 saturated carbocycles. The summed E-state index contributed by atoms with van der Waals surface area (Å²) in [6.45, 7) is 0.0547. The highest BCUT2D eigenvalue weighted by Gasteiger charge is 2.45. The topological polar surface area (TPSA) is 59.5 Å². The minimum absolute atomic E-state index is 0.0810. The number of benzene rings is 2. The fraction of sp³-hybridized carbons (Fsp3) is 0.304. The quantitative estimate of drug-likeness (QED) is 0.597. The van der Waals surface area contributed by atoms with Crippen molar-refractivity contribution in [1.29, 1.82) is 0 Å². The summed E-state index contributed by atoms with van der Waals surface area (Å²) in [6, 6.07) is 7.69. The fourth-order valence-electron chi connectivity index (χ4n) is 3.69. The van der Waals surface area contributed by atoms with Crippen molar-refractivity contribution in [1.82, 2.24) is 14.9 Å². The molecule has 1 fully saturated rings. The van der Waals surface area contributed by atoms with Crippen LogP contribution in [0.15, 0.2) is 36.7 Å². The van der Waals surface area contributed by atoms with Crippen LogP contribution in [0.25, 0.3) is 10.9 Å². The summed E-state index contributed by atoms with van der Waals surface area (Å²) in [5.41, 5.74) is 0.561. The highest BCUT2D eigenvalue weighted by Crippen LogP contribution is 2.39. The molecule has 1 aliphatic heterocycles. The number of piperidine rings is 1. The molecule has 1 atom stereocenters. The van der Waals surface area contributed by atoms with Gasteiger partial charge >= 0.3 is 0 Å². The van der Waals surface area contributed by atoms with E-state index in [1.165, 1.54) is 31.6 Å². The van der Waals surface area contributed by atoms with Crippen molar-refractivity contribution >= 4 is 22.4 Å². The van der Waals surface area contributed by atoms with Crippen LogP contribution in [0.5, 0.6) is 11.5 Å². The number of hydrogen-bond acceptors (Lipinski definition) is 6. The van der Waals surface area contributed by atoms with Gasteiger partial charge in [-0.05, 0) is 19.2 Å². The van der Waals surface area contributed by atoms with Crippen LogP contribution in [0.4, 0.5) is 24.7 Å². The highest BCUT2D eigenvalue weighted by atomic mass is 19.3. The third-order valence-corrected chi connectivity index (χ3v) is 5.31. The number of alkyl halides is 2. The van der Waals surface area contributed by atoms with E-state index in [1.807, 2.05) is 0 Å². The molecule has 4 rings (SSSR count). The number of ether oxygens (including phenoxy) is 2. The second-order valence-electron chi connectivity index (χ2n) is 7.57. The molecule has 6 nitrogen and oxygen atoms in total.